The summed E-state index contributed by atoms with van der Waals surface area (Å²) in [4.78, 5) is 0. The third-order valence-corrected chi connectivity index (χ3v) is 3.99. The first-order valence-electron chi connectivity index (χ1n) is 6.04. The summed E-state index contributed by atoms with van der Waals surface area (Å²) < 4.78 is 8.26. The molecule has 0 heterocycles. The maximum absolute atomic E-state index is 9.83. The van der Waals surface area contributed by atoms with E-state index in [1.54, 1.807) is 0 Å². The van der Waals surface area contributed by atoms with Gasteiger partial charge < -0.3 is 15.2 Å². The molecule has 0 radical (unpaired) electrons. The number of halogens is 3. The molecule has 0 saturated carbocycles. The summed E-state index contributed by atoms with van der Waals surface area (Å²) in [6.45, 7) is 5.62. The molecular weight excluding hydrogens is 442 g/mol. The van der Waals surface area contributed by atoms with Crippen LogP contribution in [-0.2, 0) is 4.74 Å². The molecule has 0 spiro atoms. The Morgan fingerprint density at radius 2 is 1.74 bits per heavy atom. The van der Waals surface area contributed by atoms with Crippen LogP contribution in [-0.4, -0.2) is 31.0 Å². The van der Waals surface area contributed by atoms with Crippen molar-refractivity contribution in [2.45, 2.75) is 20.0 Å². The van der Waals surface area contributed by atoms with Gasteiger partial charge in [0, 0.05) is 26.6 Å². The quantitative estimate of drug-likeness (QED) is 0.634. The molecule has 0 fully saturated rings. The van der Waals surface area contributed by atoms with Gasteiger partial charge in [-0.2, -0.15) is 0 Å². The molecule has 0 aromatic heterocycles. The first-order chi connectivity index (χ1) is 8.90. The number of aliphatic hydroxyl groups excluding tert-OH is 1. The second-order valence-corrected chi connectivity index (χ2v) is 7.33. The minimum absolute atomic E-state index is 0.344. The van der Waals surface area contributed by atoms with Gasteiger partial charge in [-0.15, -0.1) is 0 Å². The van der Waals surface area contributed by atoms with Crippen LogP contribution in [0.2, 0.25) is 0 Å². The van der Waals surface area contributed by atoms with Gasteiger partial charge in [0.15, 0.2) is 0 Å². The fraction of sp³-hybridized carbons (Fsp3) is 0.538. The Bertz CT molecular complexity index is 390. The molecule has 2 N–H and O–H groups in total. The van der Waals surface area contributed by atoms with Gasteiger partial charge >= 0.3 is 0 Å². The van der Waals surface area contributed by atoms with E-state index in [0.29, 0.717) is 25.7 Å². The number of ether oxygens (including phenoxy) is 1. The summed E-state index contributed by atoms with van der Waals surface area (Å²) in [5.74, 6) is 0.481. The smallest absolute Gasteiger partial charge is 0.0945 e. The van der Waals surface area contributed by atoms with Crippen molar-refractivity contribution < 1.29 is 9.84 Å². The predicted molar refractivity (Wildman–Crippen MR) is 89.7 cm³/mol. The average molecular weight is 460 g/mol. The van der Waals surface area contributed by atoms with Crippen molar-refractivity contribution in [3.63, 3.8) is 0 Å². The van der Waals surface area contributed by atoms with Gasteiger partial charge in [-0.3, -0.25) is 0 Å². The summed E-state index contributed by atoms with van der Waals surface area (Å²) in [5, 5.41) is 13.0. The fourth-order valence-electron chi connectivity index (χ4n) is 1.43. The molecular formula is C13H18Br3NO2. The van der Waals surface area contributed by atoms with Crippen LogP contribution in [0.1, 0.15) is 13.8 Å². The summed E-state index contributed by atoms with van der Waals surface area (Å²) in [7, 11) is 0. The Labute approximate surface area is 139 Å². The molecule has 3 nitrogen and oxygen atoms in total. The van der Waals surface area contributed by atoms with Gasteiger partial charge in [0.05, 0.1) is 18.4 Å². The summed E-state index contributed by atoms with van der Waals surface area (Å²) >= 11 is 10.4. The highest BCUT2D eigenvalue weighted by molar-refractivity contribution is 9.11. The topological polar surface area (TPSA) is 41.5 Å². The van der Waals surface area contributed by atoms with Crippen molar-refractivity contribution >= 4 is 53.5 Å². The molecule has 108 valence electrons. The summed E-state index contributed by atoms with van der Waals surface area (Å²) in [6, 6.07) is 3.91. The molecule has 6 heteroatoms. The highest BCUT2D eigenvalue weighted by Crippen LogP contribution is 2.34. The second kappa shape index (κ2) is 8.62. The summed E-state index contributed by atoms with van der Waals surface area (Å²) in [6.07, 6.45) is -0.527. The van der Waals surface area contributed by atoms with Crippen LogP contribution in [0.25, 0.3) is 0 Å². The highest BCUT2D eigenvalue weighted by atomic mass is 79.9. The molecule has 1 atom stereocenters. The maximum atomic E-state index is 9.83. The molecule has 1 aromatic carbocycles. The lowest BCUT2D eigenvalue weighted by Crippen LogP contribution is -2.25. The number of benzene rings is 1. The van der Waals surface area contributed by atoms with Gasteiger partial charge in [0.1, 0.15) is 0 Å². The molecule has 1 unspecified atom stereocenters. The van der Waals surface area contributed by atoms with E-state index in [-0.39, 0.29) is 0 Å². The lowest BCUT2D eigenvalue weighted by atomic mass is 10.2. The third kappa shape index (κ3) is 6.58. The predicted octanol–water partition coefficient (Wildman–Crippen LogP) is 4.42. The van der Waals surface area contributed by atoms with E-state index in [1.807, 2.05) is 12.1 Å². The fourth-order valence-corrected chi connectivity index (χ4v) is 3.97. The van der Waals surface area contributed by atoms with Gasteiger partial charge in [0.25, 0.3) is 0 Å². The number of hydrogen-bond donors (Lipinski definition) is 2. The first kappa shape index (κ1) is 17.4. The SMILES string of the molecule is CC(C)COCC(O)CNc1c(Br)cc(Br)cc1Br. The minimum atomic E-state index is -0.527. The zero-order chi connectivity index (χ0) is 14.4. The van der Waals surface area contributed by atoms with Crippen molar-refractivity contribution in [1.82, 2.24) is 0 Å². The Morgan fingerprint density at radius 1 is 1.16 bits per heavy atom. The number of aliphatic hydroxyl groups is 1. The number of nitrogens with one attached hydrogen (secondary N) is 1. The zero-order valence-corrected chi connectivity index (χ0v) is 15.7. The van der Waals surface area contributed by atoms with Crippen molar-refractivity contribution in [3.05, 3.63) is 25.6 Å². The van der Waals surface area contributed by atoms with E-state index in [9.17, 15) is 5.11 Å². The van der Waals surface area contributed by atoms with Gasteiger partial charge in [-0.25, -0.2) is 0 Å². The van der Waals surface area contributed by atoms with Crippen LogP contribution in [0.4, 0.5) is 5.69 Å². The maximum Gasteiger partial charge on any atom is 0.0945 e. The molecule has 0 aliphatic carbocycles. The van der Waals surface area contributed by atoms with E-state index in [0.717, 1.165) is 19.1 Å². The van der Waals surface area contributed by atoms with E-state index in [2.05, 4.69) is 67.0 Å². The Kier molecular flexibility index (Phi) is 7.91. The van der Waals surface area contributed by atoms with Gasteiger partial charge in [-0.1, -0.05) is 29.8 Å². The van der Waals surface area contributed by atoms with Crippen LogP contribution in [0.5, 0.6) is 0 Å². The summed E-state index contributed by atoms with van der Waals surface area (Å²) in [5.41, 5.74) is 0.922. The van der Waals surface area contributed by atoms with Crippen LogP contribution in [0.15, 0.2) is 25.6 Å². The monoisotopic (exact) mass is 457 g/mol. The Morgan fingerprint density at radius 3 is 2.26 bits per heavy atom. The van der Waals surface area contributed by atoms with Gasteiger partial charge in [-0.05, 0) is 49.9 Å². The molecule has 0 aliphatic rings. The molecule has 1 aromatic rings. The van der Waals surface area contributed by atoms with E-state index < -0.39 is 6.10 Å². The number of rotatable bonds is 7. The lowest BCUT2D eigenvalue weighted by Gasteiger charge is -2.16. The van der Waals surface area contributed by atoms with E-state index in [1.165, 1.54) is 0 Å². The number of hydrogen-bond acceptors (Lipinski definition) is 3. The van der Waals surface area contributed by atoms with E-state index in [4.69, 9.17) is 4.74 Å². The minimum Gasteiger partial charge on any atom is -0.389 e. The molecule has 0 amide bonds. The molecule has 0 aliphatic heterocycles. The highest BCUT2D eigenvalue weighted by Gasteiger charge is 2.10. The molecule has 0 saturated heterocycles. The molecule has 0 bridgehead atoms. The standard InChI is InChI=1S/C13H18Br3NO2/c1-8(2)6-19-7-10(18)5-17-13-11(15)3-9(14)4-12(13)16/h3-4,8,10,17-18H,5-7H2,1-2H3. The normalized spacial score (nSPS) is 12.8. The first-order valence-corrected chi connectivity index (χ1v) is 8.42. The molecule has 19 heavy (non-hydrogen) atoms. The lowest BCUT2D eigenvalue weighted by molar-refractivity contribution is 0.0318. The van der Waals surface area contributed by atoms with Crippen molar-refractivity contribution in [2.75, 3.05) is 25.1 Å². The van der Waals surface area contributed by atoms with Crippen LogP contribution in [0, 0.1) is 5.92 Å². The van der Waals surface area contributed by atoms with E-state index >= 15 is 0 Å². The molecule has 1 rings (SSSR count). The van der Waals surface area contributed by atoms with Crippen LogP contribution < -0.4 is 5.32 Å². The Balaban J connectivity index is 2.44. The zero-order valence-electron chi connectivity index (χ0n) is 10.9. The third-order valence-electron chi connectivity index (χ3n) is 2.28. The van der Waals surface area contributed by atoms with Gasteiger partial charge in [0.2, 0.25) is 0 Å². The Hall–Kier alpha value is 0.380. The largest absolute Gasteiger partial charge is 0.389 e. The average Bonchev–Trinajstić information content (AvgIpc) is 2.26. The van der Waals surface area contributed by atoms with Crippen molar-refractivity contribution in [1.29, 1.82) is 0 Å². The van der Waals surface area contributed by atoms with Crippen LogP contribution in [0.3, 0.4) is 0 Å². The van der Waals surface area contributed by atoms with Crippen LogP contribution >= 0.6 is 47.8 Å². The second-order valence-electron chi connectivity index (χ2n) is 4.71. The van der Waals surface area contributed by atoms with Crippen molar-refractivity contribution in [3.8, 4) is 0 Å². The number of anilines is 1. The van der Waals surface area contributed by atoms with Crippen molar-refractivity contribution in [2.24, 2.45) is 5.92 Å².